The van der Waals surface area contributed by atoms with Crippen molar-refractivity contribution in [2.45, 2.75) is 26.7 Å². The average molecular weight is 304 g/mol. The number of Topliss-reactive ketones (excluding diaryl/α,β-unsaturated/α-hetero) is 1. The summed E-state index contributed by atoms with van der Waals surface area (Å²) in [4.78, 5) is 23.2. The summed E-state index contributed by atoms with van der Waals surface area (Å²) in [7, 11) is 0. The Hall–Kier alpha value is -1.88. The van der Waals surface area contributed by atoms with Gasteiger partial charge in [0, 0.05) is 12.1 Å². The van der Waals surface area contributed by atoms with Crippen LogP contribution in [0.1, 0.15) is 37.0 Å². The molecule has 1 aromatic rings. The first-order valence-electron chi connectivity index (χ1n) is 7.70. The third-order valence-electron chi connectivity index (χ3n) is 4.13. The third-order valence-corrected chi connectivity index (χ3v) is 4.13. The summed E-state index contributed by atoms with van der Waals surface area (Å²) in [6, 6.07) is 6.88. The van der Waals surface area contributed by atoms with Gasteiger partial charge in [-0.3, -0.25) is 9.59 Å². The zero-order chi connectivity index (χ0) is 16.0. The van der Waals surface area contributed by atoms with Crippen LogP contribution in [-0.4, -0.2) is 37.9 Å². The standard InChI is InChI=1S/C17H24N2O3/c1-13(20)14-4-3-5-15(10-14)22-11-16(21)19-12-17(2)6-8-18-9-7-17/h3-5,10,18H,6-9,11-12H2,1-2H3,(H,19,21). The van der Waals surface area contributed by atoms with E-state index in [9.17, 15) is 9.59 Å². The van der Waals surface area contributed by atoms with E-state index in [2.05, 4.69) is 17.6 Å². The number of carbonyl (C=O) groups excluding carboxylic acids is 2. The Labute approximate surface area is 131 Å². The Balaban J connectivity index is 1.78. The van der Waals surface area contributed by atoms with Crippen LogP contribution >= 0.6 is 0 Å². The van der Waals surface area contributed by atoms with E-state index in [1.807, 2.05) is 0 Å². The number of nitrogens with one attached hydrogen (secondary N) is 2. The molecule has 0 bridgehead atoms. The van der Waals surface area contributed by atoms with Crippen LogP contribution in [0.5, 0.6) is 5.75 Å². The number of ketones is 1. The zero-order valence-electron chi connectivity index (χ0n) is 13.3. The summed E-state index contributed by atoms with van der Waals surface area (Å²) in [6.07, 6.45) is 2.13. The van der Waals surface area contributed by atoms with Gasteiger partial charge in [-0.05, 0) is 50.4 Å². The van der Waals surface area contributed by atoms with E-state index in [4.69, 9.17) is 4.74 Å². The summed E-state index contributed by atoms with van der Waals surface area (Å²) in [5, 5.41) is 6.27. The van der Waals surface area contributed by atoms with E-state index in [-0.39, 0.29) is 23.7 Å². The first-order valence-corrected chi connectivity index (χ1v) is 7.70. The maximum atomic E-state index is 11.9. The van der Waals surface area contributed by atoms with Crippen molar-refractivity contribution in [3.63, 3.8) is 0 Å². The number of hydrogen-bond acceptors (Lipinski definition) is 4. The van der Waals surface area contributed by atoms with E-state index >= 15 is 0 Å². The fourth-order valence-electron chi connectivity index (χ4n) is 2.52. The molecule has 22 heavy (non-hydrogen) atoms. The quantitative estimate of drug-likeness (QED) is 0.786. The number of rotatable bonds is 6. The van der Waals surface area contributed by atoms with Crippen LogP contribution < -0.4 is 15.4 Å². The molecule has 0 atom stereocenters. The fraction of sp³-hybridized carbons (Fsp3) is 0.529. The summed E-state index contributed by atoms with van der Waals surface area (Å²) >= 11 is 0. The molecule has 0 spiro atoms. The van der Waals surface area contributed by atoms with Crippen molar-refractivity contribution in [3.05, 3.63) is 29.8 Å². The van der Waals surface area contributed by atoms with Crippen LogP contribution in [0.15, 0.2) is 24.3 Å². The van der Waals surface area contributed by atoms with Crippen LogP contribution in [0.3, 0.4) is 0 Å². The van der Waals surface area contributed by atoms with Crippen LogP contribution in [0.4, 0.5) is 0 Å². The molecule has 2 rings (SSSR count). The Bertz CT molecular complexity index is 536. The summed E-state index contributed by atoms with van der Waals surface area (Å²) < 4.78 is 5.45. The number of carbonyl (C=O) groups is 2. The number of benzene rings is 1. The van der Waals surface area contributed by atoms with Gasteiger partial charge in [0.05, 0.1) is 0 Å². The Kier molecular flexibility index (Phi) is 5.55. The zero-order valence-corrected chi connectivity index (χ0v) is 13.3. The summed E-state index contributed by atoms with van der Waals surface area (Å²) in [6.45, 7) is 6.35. The van der Waals surface area contributed by atoms with Crippen LogP contribution in [0.2, 0.25) is 0 Å². The highest BCUT2D eigenvalue weighted by atomic mass is 16.5. The van der Waals surface area contributed by atoms with Crippen molar-refractivity contribution in [2.24, 2.45) is 5.41 Å². The Morgan fingerprint density at radius 2 is 2.05 bits per heavy atom. The van der Waals surface area contributed by atoms with Gasteiger partial charge in [-0.1, -0.05) is 19.1 Å². The van der Waals surface area contributed by atoms with Gasteiger partial charge in [-0.2, -0.15) is 0 Å². The topological polar surface area (TPSA) is 67.4 Å². The Morgan fingerprint density at radius 1 is 1.32 bits per heavy atom. The molecule has 2 N–H and O–H groups in total. The van der Waals surface area contributed by atoms with E-state index in [0.717, 1.165) is 25.9 Å². The third kappa shape index (κ3) is 4.84. The lowest BCUT2D eigenvalue weighted by Gasteiger charge is -2.34. The molecule has 1 fully saturated rings. The van der Waals surface area contributed by atoms with Crippen molar-refractivity contribution in [2.75, 3.05) is 26.2 Å². The van der Waals surface area contributed by atoms with Crippen molar-refractivity contribution in [3.8, 4) is 5.75 Å². The van der Waals surface area contributed by atoms with E-state index in [0.29, 0.717) is 17.9 Å². The molecule has 5 heteroatoms. The minimum absolute atomic E-state index is 0.0197. The second-order valence-electron chi connectivity index (χ2n) is 6.21. The van der Waals surface area contributed by atoms with Gasteiger partial charge >= 0.3 is 0 Å². The lowest BCUT2D eigenvalue weighted by Crippen LogP contribution is -2.43. The number of ether oxygens (including phenoxy) is 1. The maximum absolute atomic E-state index is 11.9. The maximum Gasteiger partial charge on any atom is 0.257 e. The van der Waals surface area contributed by atoms with Gasteiger partial charge in [-0.25, -0.2) is 0 Å². The van der Waals surface area contributed by atoms with Gasteiger partial charge in [0.2, 0.25) is 0 Å². The lowest BCUT2D eigenvalue weighted by atomic mass is 9.81. The minimum atomic E-state index is -0.131. The van der Waals surface area contributed by atoms with Crippen LogP contribution in [0, 0.1) is 5.41 Å². The van der Waals surface area contributed by atoms with E-state index < -0.39 is 0 Å². The molecule has 1 saturated heterocycles. The monoisotopic (exact) mass is 304 g/mol. The molecule has 0 saturated carbocycles. The van der Waals surface area contributed by atoms with Crippen molar-refractivity contribution in [1.82, 2.24) is 10.6 Å². The molecular formula is C17H24N2O3. The molecular weight excluding hydrogens is 280 g/mol. The van der Waals surface area contributed by atoms with Gasteiger partial charge in [0.1, 0.15) is 5.75 Å². The molecule has 0 aliphatic carbocycles. The highest BCUT2D eigenvalue weighted by molar-refractivity contribution is 5.94. The second kappa shape index (κ2) is 7.40. The van der Waals surface area contributed by atoms with Crippen LogP contribution in [-0.2, 0) is 4.79 Å². The highest BCUT2D eigenvalue weighted by Gasteiger charge is 2.26. The van der Waals surface area contributed by atoms with E-state index in [1.54, 1.807) is 24.3 Å². The molecule has 1 aliphatic heterocycles. The fourth-order valence-corrected chi connectivity index (χ4v) is 2.52. The summed E-state index contributed by atoms with van der Waals surface area (Å²) in [5.74, 6) is 0.387. The van der Waals surface area contributed by atoms with E-state index in [1.165, 1.54) is 6.92 Å². The largest absolute Gasteiger partial charge is 0.484 e. The normalized spacial score (nSPS) is 16.8. The predicted octanol–water partition coefficient (Wildman–Crippen LogP) is 1.77. The SMILES string of the molecule is CC(=O)c1cccc(OCC(=O)NCC2(C)CCNCC2)c1. The second-order valence-corrected chi connectivity index (χ2v) is 6.21. The van der Waals surface area contributed by atoms with Gasteiger partial charge < -0.3 is 15.4 Å². The lowest BCUT2D eigenvalue weighted by molar-refractivity contribution is -0.123. The first-order chi connectivity index (χ1) is 10.5. The highest BCUT2D eigenvalue weighted by Crippen LogP contribution is 2.26. The van der Waals surface area contributed by atoms with Crippen molar-refractivity contribution < 1.29 is 14.3 Å². The van der Waals surface area contributed by atoms with Crippen LogP contribution in [0.25, 0.3) is 0 Å². The molecule has 0 unspecified atom stereocenters. The average Bonchev–Trinajstić information content (AvgIpc) is 2.52. The molecule has 0 aromatic heterocycles. The molecule has 120 valence electrons. The molecule has 1 heterocycles. The molecule has 0 radical (unpaired) electrons. The summed E-state index contributed by atoms with van der Waals surface area (Å²) in [5.41, 5.74) is 0.746. The molecule has 1 aromatic carbocycles. The van der Waals surface area contributed by atoms with Crippen molar-refractivity contribution in [1.29, 1.82) is 0 Å². The number of amides is 1. The predicted molar refractivity (Wildman–Crippen MR) is 85.2 cm³/mol. The van der Waals surface area contributed by atoms with Gasteiger partial charge in [-0.15, -0.1) is 0 Å². The minimum Gasteiger partial charge on any atom is -0.484 e. The smallest absolute Gasteiger partial charge is 0.257 e. The van der Waals surface area contributed by atoms with Crippen molar-refractivity contribution >= 4 is 11.7 Å². The molecule has 1 aliphatic rings. The Morgan fingerprint density at radius 3 is 2.73 bits per heavy atom. The first kappa shape index (κ1) is 16.5. The molecule has 5 nitrogen and oxygen atoms in total. The van der Waals surface area contributed by atoms with Gasteiger partial charge in [0.15, 0.2) is 12.4 Å². The van der Waals surface area contributed by atoms with Gasteiger partial charge in [0.25, 0.3) is 5.91 Å². The number of hydrogen-bond donors (Lipinski definition) is 2. The number of piperidine rings is 1. The molecule has 1 amide bonds.